The van der Waals surface area contributed by atoms with Crippen LogP contribution < -0.4 is 4.74 Å². The van der Waals surface area contributed by atoms with Gasteiger partial charge in [0, 0.05) is 16.6 Å². The van der Waals surface area contributed by atoms with E-state index in [0.29, 0.717) is 21.9 Å². The van der Waals surface area contributed by atoms with E-state index >= 15 is 0 Å². The summed E-state index contributed by atoms with van der Waals surface area (Å²) < 4.78 is 5.41. The molecule has 0 radical (unpaired) electrons. The highest BCUT2D eigenvalue weighted by Crippen LogP contribution is 2.24. The van der Waals surface area contributed by atoms with Crippen LogP contribution in [0, 0.1) is 0 Å². The molecule has 3 rings (SSSR count). The molecule has 106 valence electrons. The van der Waals surface area contributed by atoms with Gasteiger partial charge in [0.2, 0.25) is 0 Å². The van der Waals surface area contributed by atoms with Crippen molar-refractivity contribution in [2.75, 3.05) is 0 Å². The third kappa shape index (κ3) is 3.32. The van der Waals surface area contributed by atoms with Crippen LogP contribution in [-0.4, -0.2) is 11.0 Å². The van der Waals surface area contributed by atoms with Gasteiger partial charge in [-0.15, -0.1) is 12.4 Å². The topological polar surface area (TPSA) is 39.2 Å². The summed E-state index contributed by atoms with van der Waals surface area (Å²) in [4.78, 5) is 16.3. The summed E-state index contributed by atoms with van der Waals surface area (Å²) in [6.45, 7) is 0. The summed E-state index contributed by atoms with van der Waals surface area (Å²) in [5.74, 6) is -0.0151. The Kier molecular flexibility index (Phi) is 4.78. The molecule has 0 spiro atoms. The van der Waals surface area contributed by atoms with Gasteiger partial charge in [0.05, 0.1) is 5.56 Å². The van der Waals surface area contributed by atoms with E-state index in [4.69, 9.17) is 16.3 Å². The molecule has 0 amide bonds. The van der Waals surface area contributed by atoms with Crippen LogP contribution in [0.4, 0.5) is 0 Å². The predicted molar refractivity (Wildman–Crippen MR) is 85.4 cm³/mol. The normalized spacial score (nSPS) is 9.95. The van der Waals surface area contributed by atoms with Gasteiger partial charge in [0.15, 0.2) is 5.75 Å². The molecule has 0 bridgehead atoms. The molecule has 0 aliphatic carbocycles. The number of carbonyl (C=O) groups is 1. The summed E-state index contributed by atoms with van der Waals surface area (Å²) in [7, 11) is 0. The Morgan fingerprint density at radius 1 is 1.05 bits per heavy atom. The number of fused-ring (bicyclic) bond motifs is 1. The predicted octanol–water partition coefficient (Wildman–Crippen LogP) is 4.53. The quantitative estimate of drug-likeness (QED) is 0.514. The highest BCUT2D eigenvalue weighted by atomic mass is 35.5. The van der Waals surface area contributed by atoms with E-state index in [1.165, 1.54) is 0 Å². The molecule has 0 atom stereocenters. The Hall–Kier alpha value is -2.10. The second kappa shape index (κ2) is 6.57. The molecule has 0 fully saturated rings. The highest BCUT2D eigenvalue weighted by molar-refractivity contribution is 6.30. The van der Waals surface area contributed by atoms with Crippen molar-refractivity contribution < 1.29 is 9.53 Å². The number of nitrogens with zero attached hydrogens (tertiary/aromatic N) is 1. The molecule has 0 saturated heterocycles. The smallest absolute Gasteiger partial charge is 0.343 e. The van der Waals surface area contributed by atoms with Gasteiger partial charge < -0.3 is 4.74 Å². The Morgan fingerprint density at radius 2 is 1.81 bits per heavy atom. The zero-order chi connectivity index (χ0) is 13.9. The van der Waals surface area contributed by atoms with Crippen LogP contribution >= 0.6 is 24.0 Å². The molecule has 1 aromatic heterocycles. The summed E-state index contributed by atoms with van der Waals surface area (Å²) in [5.41, 5.74) is 1.07. The maximum absolute atomic E-state index is 12.1. The van der Waals surface area contributed by atoms with Gasteiger partial charge >= 0.3 is 5.97 Å². The number of pyridine rings is 1. The zero-order valence-electron chi connectivity index (χ0n) is 10.8. The van der Waals surface area contributed by atoms with Gasteiger partial charge in [-0.05, 0) is 30.3 Å². The van der Waals surface area contributed by atoms with Gasteiger partial charge in [0.1, 0.15) is 5.52 Å². The van der Waals surface area contributed by atoms with Crippen LogP contribution in [0.15, 0.2) is 60.8 Å². The molecule has 3 nitrogen and oxygen atoms in total. The third-order valence-corrected chi connectivity index (χ3v) is 3.09. The van der Waals surface area contributed by atoms with E-state index in [-0.39, 0.29) is 12.4 Å². The van der Waals surface area contributed by atoms with Gasteiger partial charge in [-0.3, -0.25) is 4.98 Å². The molecule has 5 heteroatoms. The van der Waals surface area contributed by atoms with E-state index < -0.39 is 5.97 Å². The largest absolute Gasteiger partial charge is 0.421 e. The molecule has 0 N–H and O–H groups in total. The Balaban J connectivity index is 0.00000161. The Morgan fingerprint density at radius 3 is 2.62 bits per heavy atom. The van der Waals surface area contributed by atoms with Gasteiger partial charge in [-0.25, -0.2) is 4.79 Å². The van der Waals surface area contributed by atoms with Crippen LogP contribution in [0.25, 0.3) is 10.9 Å². The van der Waals surface area contributed by atoms with E-state index in [0.717, 1.165) is 5.39 Å². The Labute approximate surface area is 132 Å². The van der Waals surface area contributed by atoms with Crippen molar-refractivity contribution in [2.24, 2.45) is 0 Å². The monoisotopic (exact) mass is 319 g/mol. The fourth-order valence-corrected chi connectivity index (χ4v) is 2.12. The first-order valence-electron chi connectivity index (χ1n) is 6.05. The van der Waals surface area contributed by atoms with Crippen molar-refractivity contribution >= 4 is 40.9 Å². The number of hydrogen-bond donors (Lipinski definition) is 0. The number of para-hydroxylation sites is 1. The van der Waals surface area contributed by atoms with Crippen molar-refractivity contribution in [3.63, 3.8) is 0 Å². The van der Waals surface area contributed by atoms with E-state index in [1.54, 1.807) is 36.5 Å². The number of benzene rings is 2. The van der Waals surface area contributed by atoms with Crippen LogP contribution in [0.1, 0.15) is 10.4 Å². The second-order valence-electron chi connectivity index (χ2n) is 4.23. The van der Waals surface area contributed by atoms with Crippen LogP contribution in [0.2, 0.25) is 5.02 Å². The number of rotatable bonds is 2. The summed E-state index contributed by atoms with van der Waals surface area (Å²) in [5, 5.41) is 1.42. The minimum atomic E-state index is -0.453. The summed E-state index contributed by atoms with van der Waals surface area (Å²) >= 11 is 5.87. The lowest BCUT2D eigenvalue weighted by atomic mass is 10.2. The summed E-state index contributed by atoms with van der Waals surface area (Å²) in [6, 6.07) is 15.9. The number of aromatic nitrogens is 1. The molecular weight excluding hydrogens is 309 g/mol. The van der Waals surface area contributed by atoms with Gasteiger partial charge in [0.25, 0.3) is 0 Å². The van der Waals surface area contributed by atoms with Crippen molar-refractivity contribution in [1.82, 2.24) is 4.98 Å². The molecule has 0 unspecified atom stereocenters. The van der Waals surface area contributed by atoms with Crippen LogP contribution in [-0.2, 0) is 0 Å². The van der Waals surface area contributed by atoms with Crippen molar-refractivity contribution in [1.29, 1.82) is 0 Å². The first-order chi connectivity index (χ1) is 9.74. The Bertz CT molecular complexity index is 785. The molecular formula is C16H11Cl2NO2. The second-order valence-corrected chi connectivity index (χ2v) is 4.67. The molecule has 3 aromatic rings. The van der Waals surface area contributed by atoms with Crippen molar-refractivity contribution in [2.45, 2.75) is 0 Å². The molecule has 0 aliphatic rings. The SMILES string of the molecule is Cl.O=C(Oc1cccc2cccnc12)c1cccc(Cl)c1. The van der Waals surface area contributed by atoms with E-state index in [9.17, 15) is 4.79 Å². The zero-order valence-corrected chi connectivity index (χ0v) is 12.4. The maximum atomic E-state index is 12.1. The number of halogens is 2. The van der Waals surface area contributed by atoms with Gasteiger partial charge in [-0.1, -0.05) is 35.9 Å². The standard InChI is InChI=1S/C16H10ClNO2.ClH/c17-13-7-1-5-12(10-13)16(19)20-14-8-2-4-11-6-3-9-18-15(11)14;/h1-10H;1H. The average molecular weight is 320 g/mol. The van der Waals surface area contributed by atoms with Crippen molar-refractivity contribution in [3.8, 4) is 5.75 Å². The number of hydrogen-bond acceptors (Lipinski definition) is 3. The number of esters is 1. The lowest BCUT2D eigenvalue weighted by Gasteiger charge is -2.07. The minimum absolute atomic E-state index is 0. The molecule has 21 heavy (non-hydrogen) atoms. The van der Waals surface area contributed by atoms with Crippen molar-refractivity contribution in [3.05, 3.63) is 71.4 Å². The van der Waals surface area contributed by atoms with Crippen LogP contribution in [0.5, 0.6) is 5.75 Å². The van der Waals surface area contributed by atoms with E-state index in [1.807, 2.05) is 24.3 Å². The third-order valence-electron chi connectivity index (χ3n) is 2.86. The van der Waals surface area contributed by atoms with Crippen LogP contribution in [0.3, 0.4) is 0 Å². The molecule has 0 saturated carbocycles. The van der Waals surface area contributed by atoms with E-state index in [2.05, 4.69) is 4.98 Å². The maximum Gasteiger partial charge on any atom is 0.343 e. The first kappa shape index (κ1) is 15.3. The minimum Gasteiger partial charge on any atom is -0.421 e. The highest BCUT2D eigenvalue weighted by Gasteiger charge is 2.11. The fraction of sp³-hybridized carbons (Fsp3) is 0. The molecule has 1 heterocycles. The van der Waals surface area contributed by atoms with Gasteiger partial charge in [-0.2, -0.15) is 0 Å². The fourth-order valence-electron chi connectivity index (χ4n) is 1.93. The molecule has 2 aromatic carbocycles. The number of carbonyl (C=O) groups excluding carboxylic acids is 1. The lowest BCUT2D eigenvalue weighted by molar-refractivity contribution is 0.0737. The average Bonchev–Trinajstić information content (AvgIpc) is 2.47. The lowest BCUT2D eigenvalue weighted by Crippen LogP contribution is -2.08. The summed E-state index contributed by atoms with van der Waals surface area (Å²) in [6.07, 6.45) is 1.67. The number of ether oxygens (including phenoxy) is 1. The molecule has 0 aliphatic heterocycles. The first-order valence-corrected chi connectivity index (χ1v) is 6.43.